The molecule has 7 heteroatoms. The molecule has 1 heterocycles. The molecule has 0 bridgehead atoms. The van der Waals surface area contributed by atoms with E-state index in [9.17, 15) is 9.59 Å². The summed E-state index contributed by atoms with van der Waals surface area (Å²) in [4.78, 5) is 27.4. The summed E-state index contributed by atoms with van der Waals surface area (Å²) in [6.07, 6.45) is 1.37. The minimum absolute atomic E-state index is 0.0508. The number of nitrogens with one attached hydrogen (secondary N) is 2. The van der Waals surface area contributed by atoms with Crippen LogP contribution in [0.2, 0.25) is 0 Å². The minimum Gasteiger partial charge on any atom is -0.495 e. The third kappa shape index (κ3) is 6.39. The van der Waals surface area contributed by atoms with Gasteiger partial charge in [0.1, 0.15) is 11.5 Å². The minimum atomic E-state index is -0.245. The maximum Gasteiger partial charge on any atom is 0.255 e. The molecule has 2 N–H and O–H groups in total. The molecule has 0 radical (unpaired) electrons. The number of ether oxygens (including phenoxy) is 2. The smallest absolute Gasteiger partial charge is 0.255 e. The first-order chi connectivity index (χ1) is 17.1. The Labute approximate surface area is 206 Å². The van der Waals surface area contributed by atoms with E-state index in [1.165, 1.54) is 11.1 Å². The highest BCUT2D eigenvalue weighted by atomic mass is 16.5. The number of methoxy groups -OCH3 is 1. The number of amides is 2. The highest BCUT2D eigenvalue weighted by Gasteiger charge is 2.18. The van der Waals surface area contributed by atoms with E-state index in [1.54, 1.807) is 43.5 Å². The lowest BCUT2D eigenvalue weighted by atomic mass is 9.99. The van der Waals surface area contributed by atoms with Crippen LogP contribution in [0.5, 0.6) is 11.5 Å². The monoisotopic (exact) mass is 473 g/mol. The summed E-state index contributed by atoms with van der Waals surface area (Å²) in [5.41, 5.74) is 4.38. The van der Waals surface area contributed by atoms with Gasteiger partial charge < -0.3 is 20.1 Å². The van der Waals surface area contributed by atoms with Crippen molar-refractivity contribution in [3.05, 3.63) is 83.4 Å². The molecular formula is C28H31N3O4. The zero-order valence-corrected chi connectivity index (χ0v) is 20.2. The van der Waals surface area contributed by atoms with Crippen molar-refractivity contribution in [1.29, 1.82) is 0 Å². The molecule has 0 saturated carbocycles. The topological polar surface area (TPSA) is 79.9 Å². The molecule has 0 spiro atoms. The van der Waals surface area contributed by atoms with Gasteiger partial charge in [-0.25, -0.2) is 0 Å². The maximum absolute atomic E-state index is 12.6. The van der Waals surface area contributed by atoms with Gasteiger partial charge in [0.2, 0.25) is 5.91 Å². The van der Waals surface area contributed by atoms with Gasteiger partial charge in [0, 0.05) is 37.3 Å². The number of fused-ring (bicyclic) bond motifs is 1. The van der Waals surface area contributed by atoms with Crippen molar-refractivity contribution in [3.63, 3.8) is 0 Å². The standard InChI is InChI=1S/C28H31N3O4/c1-3-35-24-13-10-20-14-16-31(19-22(20)18-24)17-15-27(32)29-23-11-8-21(9-12-23)28(33)30-25-6-4-5-7-26(25)34-2/h4-13,18H,3,14-17,19H2,1-2H3,(H,29,32)(H,30,33). The van der Waals surface area contributed by atoms with Gasteiger partial charge in [-0.05, 0) is 73.0 Å². The van der Waals surface area contributed by atoms with Gasteiger partial charge in [-0.15, -0.1) is 0 Å². The summed E-state index contributed by atoms with van der Waals surface area (Å²) >= 11 is 0. The zero-order valence-electron chi connectivity index (χ0n) is 20.2. The van der Waals surface area contributed by atoms with Crippen molar-refractivity contribution in [1.82, 2.24) is 4.90 Å². The number of rotatable bonds is 9. The van der Waals surface area contributed by atoms with E-state index >= 15 is 0 Å². The predicted octanol–water partition coefficient (Wildman–Crippen LogP) is 4.73. The molecule has 0 aromatic heterocycles. The summed E-state index contributed by atoms with van der Waals surface area (Å²) in [6, 6.07) is 20.4. The van der Waals surface area contributed by atoms with Crippen LogP contribution in [0.1, 0.15) is 34.8 Å². The summed E-state index contributed by atoms with van der Waals surface area (Å²) in [7, 11) is 1.56. The van der Waals surface area contributed by atoms with Crippen LogP contribution in [0, 0.1) is 0 Å². The molecule has 182 valence electrons. The second-order valence-corrected chi connectivity index (χ2v) is 8.42. The molecular weight excluding hydrogens is 442 g/mol. The van der Waals surface area contributed by atoms with Gasteiger partial charge in [-0.1, -0.05) is 18.2 Å². The Kier molecular flexibility index (Phi) is 8.00. The summed E-state index contributed by atoms with van der Waals surface area (Å²) < 4.78 is 10.9. The van der Waals surface area contributed by atoms with Gasteiger partial charge in [0.15, 0.2) is 0 Å². The van der Waals surface area contributed by atoms with E-state index < -0.39 is 0 Å². The van der Waals surface area contributed by atoms with E-state index in [1.807, 2.05) is 25.1 Å². The average Bonchev–Trinajstić information content (AvgIpc) is 2.88. The zero-order chi connectivity index (χ0) is 24.6. The van der Waals surface area contributed by atoms with Crippen LogP contribution < -0.4 is 20.1 Å². The van der Waals surface area contributed by atoms with Crippen LogP contribution in [0.3, 0.4) is 0 Å². The molecule has 1 aliphatic rings. The van der Waals surface area contributed by atoms with Crippen molar-refractivity contribution in [2.75, 3.05) is 37.4 Å². The van der Waals surface area contributed by atoms with Gasteiger partial charge in [-0.3, -0.25) is 14.5 Å². The third-order valence-electron chi connectivity index (χ3n) is 6.02. The van der Waals surface area contributed by atoms with E-state index in [4.69, 9.17) is 9.47 Å². The van der Waals surface area contributed by atoms with Crippen molar-refractivity contribution in [2.45, 2.75) is 26.3 Å². The fourth-order valence-corrected chi connectivity index (χ4v) is 4.17. The predicted molar refractivity (Wildman–Crippen MR) is 137 cm³/mol. The van der Waals surface area contributed by atoms with Crippen LogP contribution in [0.25, 0.3) is 0 Å². The van der Waals surface area contributed by atoms with Crippen LogP contribution in [0.15, 0.2) is 66.7 Å². The van der Waals surface area contributed by atoms with E-state index in [0.29, 0.717) is 42.3 Å². The molecule has 7 nitrogen and oxygen atoms in total. The molecule has 3 aromatic rings. The SMILES string of the molecule is CCOc1ccc2c(c1)CN(CCC(=O)Nc1ccc(C(=O)Nc3ccccc3OC)cc1)CC2. The second kappa shape index (κ2) is 11.5. The van der Waals surface area contributed by atoms with Crippen LogP contribution in [-0.4, -0.2) is 43.5 Å². The van der Waals surface area contributed by atoms with Crippen molar-refractivity contribution < 1.29 is 19.1 Å². The molecule has 35 heavy (non-hydrogen) atoms. The number of nitrogens with zero attached hydrogens (tertiary/aromatic N) is 1. The van der Waals surface area contributed by atoms with Crippen molar-refractivity contribution in [2.24, 2.45) is 0 Å². The first kappa shape index (κ1) is 24.3. The molecule has 4 rings (SSSR count). The lowest BCUT2D eigenvalue weighted by Crippen LogP contribution is -2.33. The number of hydrogen-bond donors (Lipinski definition) is 2. The third-order valence-corrected chi connectivity index (χ3v) is 6.02. The van der Waals surface area contributed by atoms with Crippen LogP contribution >= 0.6 is 0 Å². The van der Waals surface area contributed by atoms with E-state index in [0.717, 1.165) is 25.3 Å². The summed E-state index contributed by atoms with van der Waals surface area (Å²) in [5, 5.41) is 5.77. The van der Waals surface area contributed by atoms with Crippen LogP contribution in [0.4, 0.5) is 11.4 Å². The Balaban J connectivity index is 1.26. The Morgan fingerprint density at radius 2 is 1.77 bits per heavy atom. The number of benzene rings is 3. The Morgan fingerprint density at radius 1 is 0.971 bits per heavy atom. The average molecular weight is 474 g/mol. The van der Waals surface area contributed by atoms with Crippen molar-refractivity contribution in [3.8, 4) is 11.5 Å². The van der Waals surface area contributed by atoms with E-state index in [-0.39, 0.29) is 11.8 Å². The fraction of sp³-hybridized carbons (Fsp3) is 0.286. The molecule has 0 saturated heterocycles. The number of anilines is 2. The normalized spacial score (nSPS) is 13.0. The lowest BCUT2D eigenvalue weighted by Gasteiger charge is -2.28. The molecule has 0 unspecified atom stereocenters. The highest BCUT2D eigenvalue weighted by molar-refractivity contribution is 6.05. The molecule has 1 aliphatic heterocycles. The van der Waals surface area contributed by atoms with Gasteiger partial charge >= 0.3 is 0 Å². The molecule has 3 aromatic carbocycles. The first-order valence-electron chi connectivity index (χ1n) is 11.9. The maximum atomic E-state index is 12.6. The van der Waals surface area contributed by atoms with E-state index in [2.05, 4.69) is 27.7 Å². The number of hydrogen-bond acceptors (Lipinski definition) is 5. The number of carbonyl (C=O) groups excluding carboxylic acids is 2. The summed E-state index contributed by atoms with van der Waals surface area (Å²) in [5.74, 6) is 1.19. The Bertz CT molecular complexity index is 1180. The van der Waals surface area contributed by atoms with Gasteiger partial charge in [0.05, 0.1) is 19.4 Å². The quantitative estimate of drug-likeness (QED) is 0.470. The Hall–Kier alpha value is -3.84. The molecule has 0 fully saturated rings. The molecule has 0 atom stereocenters. The fourth-order valence-electron chi connectivity index (χ4n) is 4.17. The molecule has 0 aliphatic carbocycles. The van der Waals surface area contributed by atoms with Crippen LogP contribution in [-0.2, 0) is 17.8 Å². The number of para-hydroxylation sites is 2. The first-order valence-corrected chi connectivity index (χ1v) is 11.9. The number of carbonyl (C=O) groups is 2. The summed E-state index contributed by atoms with van der Waals surface area (Å²) in [6.45, 7) is 5.07. The van der Waals surface area contributed by atoms with Crippen molar-refractivity contribution >= 4 is 23.2 Å². The highest BCUT2D eigenvalue weighted by Crippen LogP contribution is 2.25. The van der Waals surface area contributed by atoms with Gasteiger partial charge in [-0.2, -0.15) is 0 Å². The second-order valence-electron chi connectivity index (χ2n) is 8.42. The largest absolute Gasteiger partial charge is 0.495 e. The molecule has 2 amide bonds. The Morgan fingerprint density at radius 3 is 2.54 bits per heavy atom. The van der Waals surface area contributed by atoms with Gasteiger partial charge in [0.25, 0.3) is 5.91 Å². The lowest BCUT2D eigenvalue weighted by molar-refractivity contribution is -0.116.